The van der Waals surface area contributed by atoms with Crippen LogP contribution in [0.25, 0.3) is 0 Å². The number of hydrogen-bond acceptors (Lipinski definition) is 4. The maximum Gasteiger partial charge on any atom is 0.244 e. The third-order valence-electron chi connectivity index (χ3n) is 2.04. The van der Waals surface area contributed by atoms with Crippen LogP contribution in [0.4, 0.5) is 5.69 Å². The Bertz CT molecular complexity index is 524. The SMILES string of the molecule is C=C(C)CNS(=O)(=O)c1cc(N)ccc1OC. The first-order chi connectivity index (χ1) is 7.86. The van der Waals surface area contributed by atoms with Crippen LogP contribution in [0.1, 0.15) is 6.92 Å². The van der Waals surface area contributed by atoms with Crippen molar-refractivity contribution in [2.45, 2.75) is 11.8 Å². The number of hydrogen-bond donors (Lipinski definition) is 2. The molecule has 0 atom stereocenters. The number of ether oxygens (including phenoxy) is 1. The second kappa shape index (κ2) is 5.20. The Kier molecular flexibility index (Phi) is 4.14. The van der Waals surface area contributed by atoms with Crippen LogP contribution < -0.4 is 15.2 Å². The molecule has 0 aliphatic heterocycles. The molecule has 5 nitrogen and oxygen atoms in total. The molecule has 0 unspecified atom stereocenters. The molecule has 0 heterocycles. The highest BCUT2D eigenvalue weighted by molar-refractivity contribution is 7.89. The summed E-state index contributed by atoms with van der Waals surface area (Å²) in [7, 11) is -2.23. The zero-order chi connectivity index (χ0) is 13.1. The van der Waals surface area contributed by atoms with E-state index in [0.29, 0.717) is 5.69 Å². The number of sulfonamides is 1. The van der Waals surface area contributed by atoms with Crippen molar-refractivity contribution < 1.29 is 13.2 Å². The van der Waals surface area contributed by atoms with Gasteiger partial charge in [0.15, 0.2) is 0 Å². The van der Waals surface area contributed by atoms with Crippen molar-refractivity contribution in [2.75, 3.05) is 19.4 Å². The molecule has 17 heavy (non-hydrogen) atoms. The first kappa shape index (κ1) is 13.5. The maximum atomic E-state index is 12.0. The second-order valence-electron chi connectivity index (χ2n) is 3.69. The average molecular weight is 256 g/mol. The van der Waals surface area contributed by atoms with E-state index in [2.05, 4.69) is 11.3 Å². The van der Waals surface area contributed by atoms with E-state index in [-0.39, 0.29) is 17.2 Å². The van der Waals surface area contributed by atoms with Gasteiger partial charge < -0.3 is 10.5 Å². The zero-order valence-corrected chi connectivity index (χ0v) is 10.7. The lowest BCUT2D eigenvalue weighted by Gasteiger charge is -2.11. The monoisotopic (exact) mass is 256 g/mol. The third kappa shape index (κ3) is 3.47. The first-order valence-corrected chi connectivity index (χ1v) is 6.42. The summed E-state index contributed by atoms with van der Waals surface area (Å²) in [5, 5.41) is 0. The quantitative estimate of drug-likeness (QED) is 0.611. The summed E-state index contributed by atoms with van der Waals surface area (Å²) >= 11 is 0. The molecule has 6 heteroatoms. The Morgan fingerprint density at radius 2 is 2.18 bits per heavy atom. The molecule has 0 radical (unpaired) electrons. The number of nitrogens with two attached hydrogens (primary N) is 1. The molecular weight excluding hydrogens is 240 g/mol. The summed E-state index contributed by atoms with van der Waals surface area (Å²) in [5.41, 5.74) is 6.65. The molecular formula is C11H16N2O3S. The van der Waals surface area contributed by atoms with E-state index >= 15 is 0 Å². The number of nitrogens with one attached hydrogen (secondary N) is 1. The van der Waals surface area contributed by atoms with E-state index in [0.717, 1.165) is 5.57 Å². The lowest BCUT2D eigenvalue weighted by Crippen LogP contribution is -2.25. The third-order valence-corrected chi connectivity index (χ3v) is 3.46. The molecule has 0 amide bonds. The standard InChI is InChI=1S/C11H16N2O3S/c1-8(2)7-13-17(14,15)11-6-9(12)4-5-10(11)16-3/h4-6,13H,1,7,12H2,2-3H3. The van der Waals surface area contributed by atoms with Crippen molar-refractivity contribution in [3.8, 4) is 5.75 Å². The van der Waals surface area contributed by atoms with Crippen molar-refractivity contribution in [1.29, 1.82) is 0 Å². The van der Waals surface area contributed by atoms with Gasteiger partial charge in [-0.05, 0) is 25.1 Å². The fourth-order valence-electron chi connectivity index (χ4n) is 1.20. The minimum atomic E-state index is -3.64. The lowest BCUT2D eigenvalue weighted by atomic mass is 10.3. The van der Waals surface area contributed by atoms with Crippen LogP contribution in [0.3, 0.4) is 0 Å². The largest absolute Gasteiger partial charge is 0.495 e. The van der Waals surface area contributed by atoms with Gasteiger partial charge in [-0.1, -0.05) is 12.2 Å². The molecule has 0 aromatic heterocycles. The fourth-order valence-corrected chi connectivity index (χ4v) is 2.50. The Balaban J connectivity index is 3.13. The molecule has 0 aliphatic carbocycles. The van der Waals surface area contributed by atoms with E-state index in [1.807, 2.05) is 0 Å². The van der Waals surface area contributed by atoms with E-state index in [9.17, 15) is 8.42 Å². The van der Waals surface area contributed by atoms with Gasteiger partial charge in [0.05, 0.1) is 7.11 Å². The maximum absolute atomic E-state index is 12.0. The van der Waals surface area contributed by atoms with Crippen molar-refractivity contribution in [3.63, 3.8) is 0 Å². The summed E-state index contributed by atoms with van der Waals surface area (Å²) in [6.45, 7) is 5.55. The normalized spacial score (nSPS) is 11.2. The van der Waals surface area contributed by atoms with Gasteiger partial charge in [-0.15, -0.1) is 0 Å². The van der Waals surface area contributed by atoms with E-state index in [1.54, 1.807) is 13.0 Å². The highest BCUT2D eigenvalue weighted by atomic mass is 32.2. The van der Waals surface area contributed by atoms with Crippen LogP contribution in [0.2, 0.25) is 0 Å². The van der Waals surface area contributed by atoms with Gasteiger partial charge in [-0.3, -0.25) is 0 Å². The van der Waals surface area contributed by atoms with Crippen LogP contribution in [-0.4, -0.2) is 22.1 Å². The zero-order valence-electron chi connectivity index (χ0n) is 9.86. The molecule has 1 rings (SSSR count). The Morgan fingerprint density at radius 1 is 1.53 bits per heavy atom. The van der Waals surface area contributed by atoms with Crippen LogP contribution in [0, 0.1) is 0 Å². The highest BCUT2D eigenvalue weighted by Gasteiger charge is 2.19. The number of nitrogen functional groups attached to an aromatic ring is 1. The summed E-state index contributed by atoms with van der Waals surface area (Å²) in [6.07, 6.45) is 0. The second-order valence-corrected chi connectivity index (χ2v) is 5.43. The first-order valence-electron chi connectivity index (χ1n) is 4.94. The minimum absolute atomic E-state index is 0.0289. The molecule has 3 N–H and O–H groups in total. The van der Waals surface area contributed by atoms with Crippen molar-refractivity contribution in [1.82, 2.24) is 4.72 Å². The highest BCUT2D eigenvalue weighted by Crippen LogP contribution is 2.25. The van der Waals surface area contributed by atoms with E-state index in [1.165, 1.54) is 19.2 Å². The Hall–Kier alpha value is -1.53. The van der Waals surface area contributed by atoms with Gasteiger partial charge in [0, 0.05) is 12.2 Å². The molecule has 0 spiro atoms. The fraction of sp³-hybridized carbons (Fsp3) is 0.273. The van der Waals surface area contributed by atoms with Gasteiger partial charge in [0.1, 0.15) is 10.6 Å². The molecule has 0 saturated heterocycles. The average Bonchev–Trinajstić information content (AvgIpc) is 2.26. The van der Waals surface area contributed by atoms with Crippen LogP contribution in [0.5, 0.6) is 5.75 Å². The number of anilines is 1. The smallest absolute Gasteiger partial charge is 0.244 e. The van der Waals surface area contributed by atoms with Crippen molar-refractivity contribution in [2.24, 2.45) is 0 Å². The summed E-state index contributed by atoms with van der Waals surface area (Å²) in [4.78, 5) is 0.0289. The lowest BCUT2D eigenvalue weighted by molar-refractivity contribution is 0.402. The van der Waals surface area contributed by atoms with Gasteiger partial charge in [0.25, 0.3) is 0 Å². The Labute approximate surface area is 101 Å². The number of rotatable bonds is 5. The Morgan fingerprint density at radius 3 is 2.71 bits per heavy atom. The predicted octanol–water partition coefficient (Wildman–Crippen LogP) is 1.13. The number of benzene rings is 1. The van der Waals surface area contributed by atoms with Gasteiger partial charge in [0.2, 0.25) is 10.0 Å². The van der Waals surface area contributed by atoms with E-state index in [4.69, 9.17) is 10.5 Å². The van der Waals surface area contributed by atoms with Crippen molar-refractivity contribution in [3.05, 3.63) is 30.4 Å². The molecule has 94 valence electrons. The molecule has 0 fully saturated rings. The summed E-state index contributed by atoms with van der Waals surface area (Å²) in [5.74, 6) is 0.258. The number of methoxy groups -OCH3 is 1. The van der Waals surface area contributed by atoms with Crippen LogP contribution in [-0.2, 0) is 10.0 Å². The van der Waals surface area contributed by atoms with Crippen molar-refractivity contribution >= 4 is 15.7 Å². The van der Waals surface area contributed by atoms with Crippen LogP contribution in [0.15, 0.2) is 35.2 Å². The topological polar surface area (TPSA) is 81.4 Å². The molecule has 0 saturated carbocycles. The predicted molar refractivity (Wildman–Crippen MR) is 67.4 cm³/mol. The minimum Gasteiger partial charge on any atom is -0.495 e. The van der Waals surface area contributed by atoms with Crippen LogP contribution >= 0.6 is 0 Å². The van der Waals surface area contributed by atoms with Gasteiger partial charge in [-0.25, -0.2) is 13.1 Å². The molecule has 1 aromatic carbocycles. The molecule has 0 aliphatic rings. The van der Waals surface area contributed by atoms with Gasteiger partial charge in [-0.2, -0.15) is 0 Å². The van der Waals surface area contributed by atoms with E-state index < -0.39 is 10.0 Å². The molecule has 0 bridgehead atoms. The molecule has 1 aromatic rings. The summed E-state index contributed by atoms with van der Waals surface area (Å²) in [6, 6.07) is 4.46. The van der Waals surface area contributed by atoms with Gasteiger partial charge >= 0.3 is 0 Å². The summed E-state index contributed by atoms with van der Waals surface area (Å²) < 4.78 is 31.4.